The molecule has 0 radical (unpaired) electrons. The van der Waals surface area contributed by atoms with Crippen molar-refractivity contribution in [3.8, 4) is 0 Å². The lowest BCUT2D eigenvalue weighted by Crippen LogP contribution is -2.44. The number of β-amino-alcohol motifs (C(OH)–C–C–N with tert-alkyl or cyclic N) is 1. The molecule has 0 spiro atoms. The zero-order valence-electron chi connectivity index (χ0n) is 10.8. The first-order valence-corrected chi connectivity index (χ1v) is 6.70. The topological polar surface area (TPSA) is 38.7 Å². The highest BCUT2D eigenvalue weighted by molar-refractivity contribution is 5.73. The van der Waals surface area contributed by atoms with Crippen molar-refractivity contribution in [2.45, 2.75) is 18.6 Å². The number of fused-ring (bicyclic) bond motifs is 1. The molecule has 3 rings (SSSR count). The zero-order valence-corrected chi connectivity index (χ0v) is 10.8. The summed E-state index contributed by atoms with van der Waals surface area (Å²) in [6.07, 6.45) is 0.701. The molecule has 0 amide bonds. The van der Waals surface area contributed by atoms with Crippen LogP contribution in [0.15, 0.2) is 24.3 Å². The number of para-hydroxylation sites is 2. The second-order valence-corrected chi connectivity index (χ2v) is 5.35. The Morgan fingerprint density at radius 3 is 2.78 bits per heavy atom. The van der Waals surface area contributed by atoms with Crippen molar-refractivity contribution in [3.63, 3.8) is 0 Å². The molecule has 1 fully saturated rings. The van der Waals surface area contributed by atoms with E-state index in [4.69, 9.17) is 0 Å². The molecule has 18 heavy (non-hydrogen) atoms. The van der Waals surface area contributed by atoms with Crippen LogP contribution in [0.4, 0.5) is 11.4 Å². The van der Waals surface area contributed by atoms with Gasteiger partial charge >= 0.3 is 0 Å². The lowest BCUT2D eigenvalue weighted by molar-refractivity contribution is 0.193. The Kier molecular flexibility index (Phi) is 3.14. The molecule has 98 valence electrons. The molecule has 2 unspecified atom stereocenters. The minimum Gasteiger partial charge on any atom is -0.392 e. The Morgan fingerprint density at radius 2 is 2.06 bits per heavy atom. The van der Waals surface area contributed by atoms with Crippen LogP contribution in [-0.4, -0.2) is 50.5 Å². The molecule has 0 saturated carbocycles. The Hall–Kier alpha value is -1.26. The van der Waals surface area contributed by atoms with Crippen LogP contribution in [0.2, 0.25) is 0 Å². The molecular weight excluding hydrogens is 226 g/mol. The van der Waals surface area contributed by atoms with E-state index in [-0.39, 0.29) is 6.10 Å². The summed E-state index contributed by atoms with van der Waals surface area (Å²) in [6.45, 7) is 3.84. The fourth-order valence-electron chi connectivity index (χ4n) is 2.96. The van der Waals surface area contributed by atoms with Crippen LogP contribution < -0.4 is 15.1 Å². The van der Waals surface area contributed by atoms with E-state index < -0.39 is 0 Å². The fourth-order valence-corrected chi connectivity index (χ4v) is 2.96. The number of nitrogens with one attached hydrogen (secondary N) is 1. The van der Waals surface area contributed by atoms with Crippen molar-refractivity contribution in [3.05, 3.63) is 24.3 Å². The molecule has 1 saturated heterocycles. The Labute approximate surface area is 108 Å². The van der Waals surface area contributed by atoms with Crippen LogP contribution in [0, 0.1) is 0 Å². The lowest BCUT2D eigenvalue weighted by atomic mass is 10.1. The van der Waals surface area contributed by atoms with Gasteiger partial charge < -0.3 is 20.2 Å². The van der Waals surface area contributed by atoms with Gasteiger partial charge in [0, 0.05) is 39.3 Å². The van der Waals surface area contributed by atoms with Gasteiger partial charge in [-0.25, -0.2) is 0 Å². The number of likely N-dealkylation sites (N-methyl/N-ethyl adjacent to an activating group) is 1. The number of rotatable bonds is 2. The Bertz CT molecular complexity index is 423. The van der Waals surface area contributed by atoms with Crippen molar-refractivity contribution >= 4 is 11.4 Å². The van der Waals surface area contributed by atoms with E-state index in [0.717, 1.165) is 32.6 Å². The zero-order chi connectivity index (χ0) is 12.5. The van der Waals surface area contributed by atoms with E-state index >= 15 is 0 Å². The van der Waals surface area contributed by atoms with E-state index in [1.54, 1.807) is 0 Å². The minimum absolute atomic E-state index is 0.169. The first kappa shape index (κ1) is 11.8. The number of nitrogens with zero attached hydrogens (tertiary/aromatic N) is 2. The van der Waals surface area contributed by atoms with Crippen molar-refractivity contribution < 1.29 is 5.11 Å². The van der Waals surface area contributed by atoms with Crippen molar-refractivity contribution in [1.29, 1.82) is 0 Å². The van der Waals surface area contributed by atoms with Crippen LogP contribution in [0.1, 0.15) is 6.42 Å². The number of anilines is 2. The number of benzene rings is 1. The van der Waals surface area contributed by atoms with Crippen LogP contribution >= 0.6 is 0 Å². The van der Waals surface area contributed by atoms with Crippen LogP contribution in [0.3, 0.4) is 0 Å². The summed E-state index contributed by atoms with van der Waals surface area (Å²) in [6, 6.07) is 8.98. The third-order valence-corrected chi connectivity index (χ3v) is 3.98. The van der Waals surface area contributed by atoms with Gasteiger partial charge in [-0.1, -0.05) is 12.1 Å². The smallest absolute Gasteiger partial charge is 0.0680 e. The SMILES string of the molecule is CN1CCN(CC2CC(O)CN2)c2ccccc21. The standard InChI is InChI=1S/C14H21N3O/c1-16-6-7-17(10-11-8-12(18)9-15-11)14-5-3-2-4-13(14)16/h2-5,11-12,15,18H,6-10H2,1H3. The van der Waals surface area contributed by atoms with Gasteiger partial charge in [0.25, 0.3) is 0 Å². The lowest BCUT2D eigenvalue weighted by Gasteiger charge is -2.38. The number of aliphatic hydroxyl groups excluding tert-OH is 1. The maximum absolute atomic E-state index is 9.58. The monoisotopic (exact) mass is 247 g/mol. The molecule has 2 N–H and O–H groups in total. The van der Waals surface area contributed by atoms with Gasteiger partial charge in [-0.3, -0.25) is 0 Å². The minimum atomic E-state index is -0.169. The van der Waals surface area contributed by atoms with Crippen molar-refractivity contribution in [1.82, 2.24) is 5.32 Å². The van der Waals surface area contributed by atoms with E-state index in [0.29, 0.717) is 6.04 Å². The average Bonchev–Trinajstić information content (AvgIpc) is 2.79. The van der Waals surface area contributed by atoms with Gasteiger partial charge in [0.2, 0.25) is 0 Å². The van der Waals surface area contributed by atoms with Gasteiger partial charge in [0.05, 0.1) is 17.5 Å². The first-order chi connectivity index (χ1) is 8.74. The molecule has 0 aromatic heterocycles. The van der Waals surface area contributed by atoms with E-state index in [1.807, 2.05) is 0 Å². The second-order valence-electron chi connectivity index (χ2n) is 5.35. The quantitative estimate of drug-likeness (QED) is 0.805. The summed E-state index contributed by atoms with van der Waals surface area (Å²) < 4.78 is 0. The van der Waals surface area contributed by atoms with E-state index in [2.05, 4.69) is 46.4 Å². The van der Waals surface area contributed by atoms with E-state index in [9.17, 15) is 5.11 Å². The summed E-state index contributed by atoms with van der Waals surface area (Å²) in [5.74, 6) is 0. The average molecular weight is 247 g/mol. The molecule has 4 heteroatoms. The molecule has 1 aromatic rings. The molecule has 2 heterocycles. The normalized spacial score (nSPS) is 27.4. The third-order valence-electron chi connectivity index (χ3n) is 3.98. The summed E-state index contributed by atoms with van der Waals surface area (Å²) >= 11 is 0. The van der Waals surface area contributed by atoms with Gasteiger partial charge in [-0.2, -0.15) is 0 Å². The predicted octanol–water partition coefficient (Wildman–Crippen LogP) is 0.666. The van der Waals surface area contributed by atoms with Crippen LogP contribution in [0.5, 0.6) is 0 Å². The molecule has 0 bridgehead atoms. The first-order valence-electron chi connectivity index (χ1n) is 6.70. The molecular formula is C14H21N3O. The van der Waals surface area contributed by atoms with E-state index in [1.165, 1.54) is 11.4 Å². The Balaban J connectivity index is 1.76. The summed E-state index contributed by atoms with van der Waals surface area (Å²) in [4.78, 5) is 4.74. The van der Waals surface area contributed by atoms with Crippen LogP contribution in [-0.2, 0) is 0 Å². The largest absolute Gasteiger partial charge is 0.392 e. The third kappa shape index (κ3) is 2.18. The number of aliphatic hydroxyl groups is 1. The number of hydrogen-bond donors (Lipinski definition) is 2. The maximum Gasteiger partial charge on any atom is 0.0680 e. The Morgan fingerprint density at radius 1 is 1.28 bits per heavy atom. The van der Waals surface area contributed by atoms with Gasteiger partial charge in [-0.05, 0) is 18.6 Å². The molecule has 0 aliphatic carbocycles. The highest BCUT2D eigenvalue weighted by Gasteiger charge is 2.27. The van der Waals surface area contributed by atoms with Gasteiger partial charge in [0.15, 0.2) is 0 Å². The highest BCUT2D eigenvalue weighted by atomic mass is 16.3. The number of hydrogen-bond acceptors (Lipinski definition) is 4. The fraction of sp³-hybridized carbons (Fsp3) is 0.571. The summed E-state index contributed by atoms with van der Waals surface area (Å²) in [7, 11) is 2.15. The summed E-state index contributed by atoms with van der Waals surface area (Å²) in [5.41, 5.74) is 2.62. The highest BCUT2D eigenvalue weighted by Crippen LogP contribution is 2.32. The molecule has 2 aliphatic heterocycles. The van der Waals surface area contributed by atoms with Gasteiger partial charge in [0.1, 0.15) is 0 Å². The predicted molar refractivity (Wildman–Crippen MR) is 74.3 cm³/mol. The molecule has 1 aromatic carbocycles. The summed E-state index contributed by atoms with van der Waals surface area (Å²) in [5, 5.41) is 13.0. The second kappa shape index (κ2) is 4.78. The molecule has 2 aliphatic rings. The molecule has 4 nitrogen and oxygen atoms in total. The van der Waals surface area contributed by atoms with Crippen LogP contribution in [0.25, 0.3) is 0 Å². The van der Waals surface area contributed by atoms with Crippen molar-refractivity contribution in [2.75, 3.05) is 43.0 Å². The van der Waals surface area contributed by atoms with Crippen molar-refractivity contribution in [2.24, 2.45) is 0 Å². The maximum atomic E-state index is 9.58. The van der Waals surface area contributed by atoms with Gasteiger partial charge in [-0.15, -0.1) is 0 Å². The molecule has 2 atom stereocenters.